The van der Waals surface area contributed by atoms with Crippen LogP contribution in [0.2, 0.25) is 20.1 Å². The molecule has 0 saturated carbocycles. The lowest BCUT2D eigenvalue weighted by atomic mass is 9.91. The zero-order chi connectivity index (χ0) is 22.8. The predicted molar refractivity (Wildman–Crippen MR) is 130 cm³/mol. The van der Waals surface area contributed by atoms with E-state index in [1.54, 1.807) is 12.1 Å². The van der Waals surface area contributed by atoms with E-state index >= 15 is 0 Å². The molecule has 0 fully saturated rings. The van der Waals surface area contributed by atoms with Gasteiger partial charge in [-0.3, -0.25) is 4.79 Å². The molecule has 3 nitrogen and oxygen atoms in total. The van der Waals surface area contributed by atoms with Crippen LogP contribution < -0.4 is 0 Å². The van der Waals surface area contributed by atoms with Crippen LogP contribution in [0.3, 0.4) is 0 Å². The zero-order valence-electron chi connectivity index (χ0n) is 16.4. The van der Waals surface area contributed by atoms with Crippen molar-refractivity contribution in [1.82, 2.24) is 0 Å². The van der Waals surface area contributed by atoms with Crippen LogP contribution in [-0.4, -0.2) is 12.3 Å². The number of halogens is 4. The summed E-state index contributed by atoms with van der Waals surface area (Å²) in [4.78, 5) is 24.6. The number of hydrogen-bond donors (Lipinski definition) is 0. The number of ether oxygens (including phenoxy) is 1. The number of fused-ring (bicyclic) bond motifs is 1. The molecule has 32 heavy (non-hydrogen) atoms. The molecule has 0 bridgehead atoms. The number of carbonyl (C=O) groups is 2. The highest BCUT2D eigenvalue weighted by Gasteiger charge is 2.20. The Bertz CT molecular complexity index is 1340. The van der Waals surface area contributed by atoms with E-state index in [9.17, 15) is 9.59 Å². The molecule has 0 aliphatic heterocycles. The van der Waals surface area contributed by atoms with Crippen LogP contribution in [0.15, 0.2) is 66.7 Å². The van der Waals surface area contributed by atoms with Gasteiger partial charge in [0.1, 0.15) is 6.61 Å². The van der Waals surface area contributed by atoms with Crippen molar-refractivity contribution in [3.8, 4) is 11.1 Å². The van der Waals surface area contributed by atoms with Crippen molar-refractivity contribution in [3.63, 3.8) is 0 Å². The van der Waals surface area contributed by atoms with E-state index in [2.05, 4.69) is 0 Å². The van der Waals surface area contributed by atoms with Crippen LogP contribution >= 0.6 is 46.4 Å². The maximum absolute atomic E-state index is 12.7. The predicted octanol–water partition coefficient (Wildman–Crippen LogP) is 8.29. The summed E-state index contributed by atoms with van der Waals surface area (Å²) < 4.78 is 5.56. The lowest BCUT2D eigenvalue weighted by Gasteiger charge is -2.16. The highest BCUT2D eigenvalue weighted by atomic mass is 35.5. The quantitative estimate of drug-likeness (QED) is 0.203. The SMILES string of the molecule is O=Cc1c(Cl)cccc1-c1c(COC(=O)c2c(Cl)cc(Cl)cc2Cl)ccc2ccccc12. The Hall–Kier alpha value is -2.56. The summed E-state index contributed by atoms with van der Waals surface area (Å²) in [6.07, 6.45) is 0.725. The van der Waals surface area contributed by atoms with E-state index in [0.29, 0.717) is 26.7 Å². The standard InChI is InChI=1S/C25H14Cl4O3/c26-16-10-21(28)24(22(29)11-16)25(31)32-13-15-9-8-14-4-1-2-5-17(14)23(15)18-6-3-7-20(27)19(18)12-30/h1-12H,13H2. The molecule has 0 unspecified atom stereocenters. The Balaban J connectivity index is 1.79. The fourth-order valence-electron chi connectivity index (χ4n) is 3.58. The second kappa shape index (κ2) is 9.51. The molecule has 0 radical (unpaired) electrons. The van der Waals surface area contributed by atoms with Gasteiger partial charge in [0.05, 0.1) is 20.6 Å². The minimum Gasteiger partial charge on any atom is -0.457 e. The van der Waals surface area contributed by atoms with Crippen molar-refractivity contribution in [2.75, 3.05) is 0 Å². The Labute approximate surface area is 204 Å². The molecule has 160 valence electrons. The van der Waals surface area contributed by atoms with Gasteiger partial charge < -0.3 is 4.74 Å². The van der Waals surface area contributed by atoms with Gasteiger partial charge in [-0.2, -0.15) is 0 Å². The van der Waals surface area contributed by atoms with Gasteiger partial charge in [-0.15, -0.1) is 0 Å². The number of esters is 1. The number of aldehydes is 1. The molecule has 0 aliphatic carbocycles. The smallest absolute Gasteiger partial charge is 0.341 e. The Morgan fingerprint density at radius 1 is 0.844 bits per heavy atom. The Kier molecular flexibility index (Phi) is 6.73. The van der Waals surface area contributed by atoms with Gasteiger partial charge in [-0.25, -0.2) is 4.79 Å². The van der Waals surface area contributed by atoms with Crippen molar-refractivity contribution in [2.45, 2.75) is 6.61 Å². The summed E-state index contributed by atoms with van der Waals surface area (Å²) in [5.74, 6) is -0.683. The van der Waals surface area contributed by atoms with Gasteiger partial charge in [0.2, 0.25) is 0 Å². The van der Waals surface area contributed by atoms with Crippen molar-refractivity contribution < 1.29 is 14.3 Å². The van der Waals surface area contributed by atoms with Gasteiger partial charge in [0.15, 0.2) is 6.29 Å². The first-order valence-corrected chi connectivity index (χ1v) is 11.0. The summed E-state index contributed by atoms with van der Waals surface area (Å²) in [5.41, 5.74) is 2.51. The number of carbonyl (C=O) groups excluding carboxylic acids is 2. The second-order valence-corrected chi connectivity index (χ2v) is 8.62. The molecular formula is C25H14Cl4O3. The average molecular weight is 504 g/mol. The minimum atomic E-state index is -0.683. The molecule has 0 aliphatic rings. The maximum atomic E-state index is 12.7. The first-order chi connectivity index (χ1) is 15.4. The van der Waals surface area contributed by atoms with Crippen LogP contribution in [-0.2, 0) is 11.3 Å². The summed E-state index contributed by atoms with van der Waals surface area (Å²) in [6.45, 7) is -0.0703. The monoisotopic (exact) mass is 502 g/mol. The van der Waals surface area contributed by atoms with E-state index in [-0.39, 0.29) is 22.2 Å². The maximum Gasteiger partial charge on any atom is 0.341 e. The van der Waals surface area contributed by atoms with Crippen LogP contribution in [0.25, 0.3) is 21.9 Å². The largest absolute Gasteiger partial charge is 0.457 e. The van der Waals surface area contributed by atoms with Crippen molar-refractivity contribution in [1.29, 1.82) is 0 Å². The van der Waals surface area contributed by atoms with E-state index in [1.165, 1.54) is 12.1 Å². The van der Waals surface area contributed by atoms with E-state index in [4.69, 9.17) is 51.1 Å². The first-order valence-electron chi connectivity index (χ1n) is 9.47. The molecule has 0 N–H and O–H groups in total. The highest BCUT2D eigenvalue weighted by Crippen LogP contribution is 2.37. The Morgan fingerprint density at radius 2 is 1.56 bits per heavy atom. The lowest BCUT2D eigenvalue weighted by molar-refractivity contribution is 0.0474. The lowest BCUT2D eigenvalue weighted by Crippen LogP contribution is -2.08. The molecule has 4 rings (SSSR count). The zero-order valence-corrected chi connectivity index (χ0v) is 19.4. The molecule has 0 saturated heterocycles. The van der Waals surface area contributed by atoms with E-state index < -0.39 is 5.97 Å². The molecule has 0 spiro atoms. The Morgan fingerprint density at radius 3 is 2.28 bits per heavy atom. The minimum absolute atomic E-state index is 0.0383. The van der Waals surface area contributed by atoms with Crippen molar-refractivity contribution in [3.05, 3.63) is 104 Å². The molecule has 4 aromatic rings. The third-order valence-corrected chi connectivity index (χ3v) is 6.17. The van der Waals surface area contributed by atoms with Crippen molar-refractivity contribution >= 4 is 69.4 Å². The van der Waals surface area contributed by atoms with Crippen LogP contribution in [0.1, 0.15) is 26.3 Å². The number of rotatable bonds is 5. The van der Waals surface area contributed by atoms with Crippen LogP contribution in [0.4, 0.5) is 0 Å². The molecule has 0 heterocycles. The third-order valence-electron chi connectivity index (χ3n) is 5.03. The van der Waals surface area contributed by atoms with Crippen molar-refractivity contribution in [2.24, 2.45) is 0 Å². The van der Waals surface area contributed by atoms with Gasteiger partial charge in [0, 0.05) is 10.6 Å². The van der Waals surface area contributed by atoms with E-state index in [0.717, 1.165) is 22.6 Å². The summed E-state index contributed by atoms with van der Waals surface area (Å²) in [7, 11) is 0. The van der Waals surface area contributed by atoms with E-state index in [1.807, 2.05) is 42.5 Å². The molecule has 7 heteroatoms. The molecule has 0 atom stereocenters. The van der Waals surface area contributed by atoms with Gasteiger partial charge >= 0.3 is 5.97 Å². The first kappa shape index (κ1) is 22.6. The second-order valence-electron chi connectivity index (χ2n) is 6.96. The number of benzene rings is 4. The normalized spacial score (nSPS) is 10.9. The fourth-order valence-corrected chi connectivity index (χ4v) is 4.77. The summed E-state index contributed by atoms with van der Waals surface area (Å²) in [6, 6.07) is 19.6. The third kappa shape index (κ3) is 4.35. The average Bonchev–Trinajstić information content (AvgIpc) is 2.76. The molecule has 4 aromatic carbocycles. The molecule has 0 aromatic heterocycles. The van der Waals surface area contributed by atoms with Gasteiger partial charge in [-0.1, -0.05) is 94.9 Å². The molecule has 0 amide bonds. The number of hydrogen-bond acceptors (Lipinski definition) is 3. The van der Waals surface area contributed by atoms with Crippen LogP contribution in [0, 0.1) is 0 Å². The van der Waals surface area contributed by atoms with Gasteiger partial charge in [0.25, 0.3) is 0 Å². The van der Waals surface area contributed by atoms with Gasteiger partial charge in [-0.05, 0) is 45.7 Å². The molecular weight excluding hydrogens is 490 g/mol. The summed E-state index contributed by atoms with van der Waals surface area (Å²) in [5, 5.41) is 2.73. The van der Waals surface area contributed by atoms with Crippen LogP contribution in [0.5, 0.6) is 0 Å². The summed E-state index contributed by atoms with van der Waals surface area (Å²) >= 11 is 24.5. The highest BCUT2D eigenvalue weighted by molar-refractivity contribution is 6.41. The fraction of sp³-hybridized carbons (Fsp3) is 0.0400. The topological polar surface area (TPSA) is 43.4 Å².